The van der Waals surface area contributed by atoms with E-state index in [1.165, 1.54) is 13.3 Å². The van der Waals surface area contributed by atoms with Gasteiger partial charge >= 0.3 is 0 Å². The monoisotopic (exact) mass is 319 g/mol. The van der Waals surface area contributed by atoms with Crippen LogP contribution in [0.2, 0.25) is 0 Å². The van der Waals surface area contributed by atoms with Gasteiger partial charge in [-0.1, -0.05) is 13.8 Å². The largest absolute Gasteiger partial charge is 0.382 e. The van der Waals surface area contributed by atoms with Crippen LogP contribution in [0.3, 0.4) is 0 Å². The average Bonchev–Trinajstić information content (AvgIpc) is 2.80. The van der Waals surface area contributed by atoms with Crippen molar-refractivity contribution in [2.45, 2.75) is 37.3 Å². The Morgan fingerprint density at radius 2 is 2.05 bits per heavy atom. The number of imidazole rings is 1. The van der Waals surface area contributed by atoms with Crippen molar-refractivity contribution in [1.29, 1.82) is 0 Å². The Kier molecular flexibility index (Phi) is 5.92. The molecular formula is C13H25N3O4S. The lowest BCUT2D eigenvalue weighted by molar-refractivity contribution is -0.0460. The van der Waals surface area contributed by atoms with Crippen LogP contribution in [-0.2, 0) is 26.5 Å². The second-order valence-electron chi connectivity index (χ2n) is 5.61. The highest BCUT2D eigenvalue weighted by molar-refractivity contribution is 7.89. The van der Waals surface area contributed by atoms with Gasteiger partial charge in [0.25, 0.3) is 10.0 Å². The van der Waals surface area contributed by atoms with E-state index in [4.69, 9.17) is 9.47 Å². The summed E-state index contributed by atoms with van der Waals surface area (Å²) in [5.74, 6) is 0.874. The second-order valence-corrected chi connectivity index (χ2v) is 7.33. The number of nitrogens with zero attached hydrogens (tertiary/aromatic N) is 2. The molecule has 1 N–H and O–H groups in total. The van der Waals surface area contributed by atoms with Gasteiger partial charge in [-0.15, -0.1) is 0 Å². The predicted molar refractivity (Wildman–Crippen MR) is 79.8 cm³/mol. The summed E-state index contributed by atoms with van der Waals surface area (Å²) >= 11 is 0. The topological polar surface area (TPSA) is 82.5 Å². The molecule has 0 bridgehead atoms. The summed E-state index contributed by atoms with van der Waals surface area (Å²) in [5, 5.41) is 0.0181. The molecule has 0 aliphatic carbocycles. The fourth-order valence-electron chi connectivity index (χ4n) is 1.93. The number of methoxy groups -OCH3 is 2. The van der Waals surface area contributed by atoms with Gasteiger partial charge in [0, 0.05) is 39.9 Å². The molecule has 0 spiro atoms. The number of hydrogen-bond acceptors (Lipinski definition) is 5. The molecule has 8 heteroatoms. The lowest BCUT2D eigenvalue weighted by Gasteiger charge is -2.27. The number of hydrogen-bond donors (Lipinski definition) is 1. The van der Waals surface area contributed by atoms with E-state index in [2.05, 4.69) is 9.71 Å². The Labute approximate surface area is 126 Å². The minimum absolute atomic E-state index is 0.0181. The Hall–Kier alpha value is -0.960. The first kappa shape index (κ1) is 18.1. The van der Waals surface area contributed by atoms with Crippen LogP contribution in [0.5, 0.6) is 0 Å². The van der Waals surface area contributed by atoms with Crippen LogP contribution in [0.15, 0.2) is 11.2 Å². The number of rotatable bonds is 8. The summed E-state index contributed by atoms with van der Waals surface area (Å²) in [6.45, 7) is 6.09. The number of aromatic nitrogens is 2. The molecule has 1 heterocycles. The van der Waals surface area contributed by atoms with E-state index in [9.17, 15) is 8.42 Å². The molecule has 7 nitrogen and oxygen atoms in total. The summed E-state index contributed by atoms with van der Waals surface area (Å²) < 4.78 is 39.2. The van der Waals surface area contributed by atoms with E-state index in [1.807, 2.05) is 13.8 Å². The van der Waals surface area contributed by atoms with Crippen LogP contribution in [0.25, 0.3) is 0 Å². The average molecular weight is 319 g/mol. The summed E-state index contributed by atoms with van der Waals surface area (Å²) in [6.07, 6.45) is 1.51. The van der Waals surface area contributed by atoms with Gasteiger partial charge in [-0.05, 0) is 6.92 Å². The van der Waals surface area contributed by atoms with Crippen molar-refractivity contribution in [1.82, 2.24) is 14.3 Å². The van der Waals surface area contributed by atoms with Crippen LogP contribution in [-0.4, -0.2) is 50.9 Å². The Morgan fingerprint density at radius 3 is 2.48 bits per heavy atom. The molecule has 0 radical (unpaired) electrons. The standard InChI is InChI=1S/C13H25N3O4S/c1-10(2)12-15-11(7-16(12)4)21(17,18)14-8-13(3,20-6)9-19-5/h7,10,14H,8-9H2,1-6H3. The van der Waals surface area contributed by atoms with Gasteiger partial charge in [-0.25, -0.2) is 18.1 Å². The van der Waals surface area contributed by atoms with Crippen molar-refractivity contribution >= 4 is 10.0 Å². The Balaban J connectivity index is 2.89. The third kappa shape index (κ3) is 4.50. The van der Waals surface area contributed by atoms with Crippen molar-refractivity contribution < 1.29 is 17.9 Å². The van der Waals surface area contributed by atoms with Gasteiger partial charge in [0.15, 0.2) is 5.03 Å². The summed E-state index contributed by atoms with van der Waals surface area (Å²) in [6, 6.07) is 0. The third-order valence-corrected chi connectivity index (χ3v) is 4.53. The molecule has 0 fully saturated rings. The smallest absolute Gasteiger partial charge is 0.259 e. The molecule has 1 aromatic rings. The van der Waals surface area contributed by atoms with E-state index in [0.717, 1.165) is 5.82 Å². The first-order valence-corrected chi connectivity index (χ1v) is 8.20. The highest BCUT2D eigenvalue weighted by atomic mass is 32.2. The van der Waals surface area contributed by atoms with Crippen LogP contribution >= 0.6 is 0 Å². The zero-order valence-corrected chi connectivity index (χ0v) is 14.3. The number of ether oxygens (including phenoxy) is 2. The van der Waals surface area contributed by atoms with E-state index in [0.29, 0.717) is 0 Å². The third-order valence-electron chi connectivity index (χ3n) is 3.26. The summed E-state index contributed by atoms with van der Waals surface area (Å²) in [5.41, 5.74) is -0.725. The molecule has 0 aliphatic heterocycles. The fraction of sp³-hybridized carbons (Fsp3) is 0.769. The summed E-state index contributed by atoms with van der Waals surface area (Å²) in [4.78, 5) is 4.19. The first-order chi connectivity index (χ1) is 9.65. The van der Waals surface area contributed by atoms with Crippen LogP contribution in [0, 0.1) is 0 Å². The van der Waals surface area contributed by atoms with Crippen LogP contribution in [0.1, 0.15) is 32.5 Å². The lowest BCUT2D eigenvalue weighted by Crippen LogP contribution is -2.45. The molecule has 0 aliphatic rings. The molecule has 0 amide bonds. The van der Waals surface area contributed by atoms with Crippen LogP contribution in [0.4, 0.5) is 0 Å². The van der Waals surface area contributed by atoms with Gasteiger partial charge < -0.3 is 14.0 Å². The minimum Gasteiger partial charge on any atom is -0.382 e. The predicted octanol–water partition coefficient (Wildman–Crippen LogP) is 0.873. The highest BCUT2D eigenvalue weighted by Crippen LogP contribution is 2.16. The van der Waals surface area contributed by atoms with Gasteiger partial charge in [0.2, 0.25) is 0 Å². The molecule has 1 unspecified atom stereocenters. The molecule has 1 atom stereocenters. The van der Waals surface area contributed by atoms with Gasteiger partial charge in [-0.2, -0.15) is 0 Å². The maximum Gasteiger partial charge on any atom is 0.259 e. The highest BCUT2D eigenvalue weighted by Gasteiger charge is 2.28. The molecule has 1 aromatic heterocycles. The quantitative estimate of drug-likeness (QED) is 0.769. The SMILES string of the molecule is COCC(C)(CNS(=O)(=O)c1cn(C)c(C(C)C)n1)OC. The van der Waals surface area contributed by atoms with Crippen molar-refractivity contribution in [3.8, 4) is 0 Å². The van der Waals surface area contributed by atoms with Crippen molar-refractivity contribution in [2.75, 3.05) is 27.4 Å². The van der Waals surface area contributed by atoms with Crippen molar-refractivity contribution in [3.63, 3.8) is 0 Å². The molecule has 1 rings (SSSR count). The van der Waals surface area contributed by atoms with Crippen molar-refractivity contribution in [2.24, 2.45) is 7.05 Å². The Morgan fingerprint density at radius 1 is 1.43 bits per heavy atom. The maximum atomic E-state index is 12.3. The normalized spacial score (nSPS) is 15.4. The molecule has 0 aromatic carbocycles. The minimum atomic E-state index is -3.67. The van der Waals surface area contributed by atoms with E-state index < -0.39 is 15.6 Å². The molecule has 0 saturated heterocycles. The molecule has 0 saturated carbocycles. The zero-order chi connectivity index (χ0) is 16.3. The van der Waals surface area contributed by atoms with E-state index in [-0.39, 0.29) is 24.1 Å². The number of nitrogens with one attached hydrogen (secondary N) is 1. The van der Waals surface area contributed by atoms with Gasteiger partial charge in [0.1, 0.15) is 11.4 Å². The van der Waals surface area contributed by atoms with E-state index >= 15 is 0 Å². The number of aryl methyl sites for hydroxylation is 1. The van der Waals surface area contributed by atoms with Gasteiger partial charge in [-0.3, -0.25) is 0 Å². The summed E-state index contributed by atoms with van der Waals surface area (Å²) in [7, 11) is 1.17. The van der Waals surface area contributed by atoms with Gasteiger partial charge in [0.05, 0.1) is 6.61 Å². The number of sulfonamides is 1. The van der Waals surface area contributed by atoms with Crippen molar-refractivity contribution in [3.05, 3.63) is 12.0 Å². The lowest BCUT2D eigenvalue weighted by atomic mass is 10.1. The molecule has 21 heavy (non-hydrogen) atoms. The molecule has 122 valence electrons. The maximum absolute atomic E-state index is 12.3. The first-order valence-electron chi connectivity index (χ1n) is 6.72. The zero-order valence-electron chi connectivity index (χ0n) is 13.5. The van der Waals surface area contributed by atoms with E-state index in [1.54, 1.807) is 25.6 Å². The molecular weight excluding hydrogens is 294 g/mol. The fourth-order valence-corrected chi connectivity index (χ4v) is 3.08. The Bertz CT molecular complexity index is 568. The second kappa shape index (κ2) is 6.87. The van der Waals surface area contributed by atoms with Crippen LogP contribution < -0.4 is 4.72 Å².